The fourth-order valence-electron chi connectivity index (χ4n) is 2.66. The third-order valence-corrected chi connectivity index (χ3v) is 3.77. The van der Waals surface area contributed by atoms with E-state index in [1.54, 1.807) is 0 Å². The average Bonchev–Trinajstić information content (AvgIpc) is 2.47. The van der Waals surface area contributed by atoms with Crippen LogP contribution >= 0.6 is 0 Å². The smallest absolute Gasteiger partial charge is 0.314 e. The van der Waals surface area contributed by atoms with Crippen LogP contribution in [0.4, 0.5) is 13.2 Å². The normalized spacial score (nSPS) is 17.0. The van der Waals surface area contributed by atoms with E-state index in [1.165, 1.54) is 12.4 Å². The molecule has 1 aliphatic heterocycles. The molecule has 1 aromatic heterocycles. The quantitative estimate of drug-likeness (QED) is 0.879. The number of hydrogen-bond acceptors (Lipinski definition) is 4. The van der Waals surface area contributed by atoms with Gasteiger partial charge in [0.2, 0.25) is 0 Å². The molecule has 3 rings (SSSR count). The van der Waals surface area contributed by atoms with Crippen LogP contribution in [-0.4, -0.2) is 41.0 Å². The lowest BCUT2D eigenvalue weighted by Gasteiger charge is -2.28. The number of halogens is 3. The molecule has 2 aromatic rings. The maximum atomic E-state index is 13.3. The number of rotatable bonds is 2. The Balaban J connectivity index is 2.08. The van der Waals surface area contributed by atoms with Crippen LogP contribution in [0.1, 0.15) is 11.1 Å². The molecule has 0 unspecified atom stereocenters. The lowest BCUT2D eigenvalue weighted by atomic mass is 10.0. The van der Waals surface area contributed by atoms with Crippen molar-refractivity contribution in [3.05, 3.63) is 39.9 Å². The summed E-state index contributed by atoms with van der Waals surface area (Å²) in [4.78, 5) is 19.9. The number of nitrogens with one attached hydrogen (secondary N) is 2. The third-order valence-electron chi connectivity index (χ3n) is 3.77. The van der Waals surface area contributed by atoms with Gasteiger partial charge < -0.3 is 10.3 Å². The Bertz CT molecular complexity index is 735. The molecule has 1 aromatic carbocycles. The highest BCUT2D eigenvalue weighted by Gasteiger charge is 2.34. The zero-order valence-electron chi connectivity index (χ0n) is 11.7. The molecule has 118 valence electrons. The van der Waals surface area contributed by atoms with Crippen LogP contribution in [0.3, 0.4) is 0 Å². The highest BCUT2D eigenvalue weighted by molar-refractivity contribution is 5.79. The Labute approximate surface area is 124 Å². The second kappa shape index (κ2) is 5.69. The molecule has 0 spiro atoms. The number of H-pyrrole nitrogens is 1. The number of benzene rings is 1. The highest BCUT2D eigenvalue weighted by atomic mass is 19.4. The van der Waals surface area contributed by atoms with Crippen LogP contribution in [0.5, 0.6) is 0 Å². The average molecular weight is 312 g/mol. The van der Waals surface area contributed by atoms with E-state index in [-0.39, 0.29) is 23.0 Å². The molecule has 0 bridgehead atoms. The first-order chi connectivity index (χ1) is 10.4. The number of alkyl halides is 3. The largest absolute Gasteiger partial charge is 0.416 e. The van der Waals surface area contributed by atoms with Gasteiger partial charge in [0.05, 0.1) is 22.8 Å². The van der Waals surface area contributed by atoms with Crippen molar-refractivity contribution in [1.82, 2.24) is 20.2 Å². The molecule has 0 atom stereocenters. The SMILES string of the molecule is O=c1[nH]cnc2cc(CN3CCNCC3)c(C(F)(F)F)cc12. The minimum Gasteiger partial charge on any atom is -0.314 e. The van der Waals surface area contributed by atoms with Gasteiger partial charge in [0.15, 0.2) is 0 Å². The first-order valence-electron chi connectivity index (χ1n) is 6.96. The molecule has 0 aliphatic carbocycles. The summed E-state index contributed by atoms with van der Waals surface area (Å²) in [5.74, 6) is 0. The van der Waals surface area contributed by atoms with Crippen LogP contribution in [0.2, 0.25) is 0 Å². The van der Waals surface area contributed by atoms with Crippen LogP contribution in [-0.2, 0) is 12.7 Å². The fourth-order valence-corrected chi connectivity index (χ4v) is 2.66. The first kappa shape index (κ1) is 15.0. The van der Waals surface area contributed by atoms with Gasteiger partial charge in [-0.25, -0.2) is 4.98 Å². The summed E-state index contributed by atoms with van der Waals surface area (Å²) in [5.41, 5.74) is -0.900. The van der Waals surface area contributed by atoms with Crippen LogP contribution in [0, 0.1) is 0 Å². The molecule has 5 nitrogen and oxygen atoms in total. The van der Waals surface area contributed by atoms with E-state index in [1.807, 2.05) is 4.90 Å². The van der Waals surface area contributed by atoms with Crippen molar-refractivity contribution >= 4 is 10.9 Å². The van der Waals surface area contributed by atoms with Crippen molar-refractivity contribution in [1.29, 1.82) is 0 Å². The first-order valence-corrected chi connectivity index (χ1v) is 6.96. The molecule has 1 aliphatic rings. The predicted octanol–water partition coefficient (Wildman–Crippen LogP) is 1.35. The van der Waals surface area contributed by atoms with E-state index in [0.29, 0.717) is 13.1 Å². The minimum atomic E-state index is -4.50. The van der Waals surface area contributed by atoms with E-state index in [4.69, 9.17) is 0 Å². The number of hydrogen-bond donors (Lipinski definition) is 2. The molecule has 0 saturated carbocycles. The monoisotopic (exact) mass is 312 g/mol. The highest BCUT2D eigenvalue weighted by Crippen LogP contribution is 2.34. The molecule has 2 heterocycles. The van der Waals surface area contributed by atoms with Crippen molar-refractivity contribution < 1.29 is 13.2 Å². The van der Waals surface area contributed by atoms with Gasteiger partial charge in [0.25, 0.3) is 5.56 Å². The molecule has 8 heteroatoms. The molecule has 1 fully saturated rings. The summed E-state index contributed by atoms with van der Waals surface area (Å²) in [5, 5.41) is 3.12. The molecule has 22 heavy (non-hydrogen) atoms. The van der Waals surface area contributed by atoms with Crippen LogP contribution in [0.25, 0.3) is 10.9 Å². The second-order valence-corrected chi connectivity index (χ2v) is 5.28. The van der Waals surface area contributed by atoms with Crippen LogP contribution < -0.4 is 10.9 Å². The Morgan fingerprint density at radius 3 is 2.64 bits per heavy atom. The standard InChI is InChI=1S/C14H15F3N4O/c15-14(16,17)11-6-10-12(19-8-20-13(10)22)5-9(11)7-21-3-1-18-2-4-21/h5-6,8,18H,1-4,7H2,(H,19,20,22). The zero-order chi connectivity index (χ0) is 15.7. The van der Waals surface area contributed by atoms with Gasteiger partial charge in [-0.3, -0.25) is 9.69 Å². The van der Waals surface area contributed by atoms with Crippen molar-refractivity contribution in [2.24, 2.45) is 0 Å². The van der Waals surface area contributed by atoms with Crippen molar-refractivity contribution in [2.75, 3.05) is 26.2 Å². The number of aromatic amines is 1. The predicted molar refractivity (Wildman–Crippen MR) is 75.5 cm³/mol. The minimum absolute atomic E-state index is 0.0427. The summed E-state index contributed by atoms with van der Waals surface area (Å²) in [6.07, 6.45) is -3.30. The Morgan fingerprint density at radius 2 is 1.95 bits per heavy atom. The van der Waals surface area contributed by atoms with Crippen molar-refractivity contribution in [3.63, 3.8) is 0 Å². The lowest BCUT2D eigenvalue weighted by Crippen LogP contribution is -2.43. The maximum absolute atomic E-state index is 13.3. The molecule has 0 amide bonds. The lowest BCUT2D eigenvalue weighted by molar-refractivity contribution is -0.138. The van der Waals surface area contributed by atoms with E-state index in [9.17, 15) is 18.0 Å². The molecule has 2 N–H and O–H groups in total. The van der Waals surface area contributed by atoms with Gasteiger partial charge >= 0.3 is 6.18 Å². The Kier molecular flexibility index (Phi) is 3.88. The topological polar surface area (TPSA) is 61.0 Å². The molecular formula is C14H15F3N4O. The Hall–Kier alpha value is -1.93. The summed E-state index contributed by atoms with van der Waals surface area (Å²) in [6, 6.07) is 2.27. The molecule has 1 saturated heterocycles. The number of nitrogens with zero attached hydrogens (tertiary/aromatic N) is 2. The molecular weight excluding hydrogens is 297 g/mol. The molecule has 0 radical (unpaired) electrons. The van der Waals surface area contributed by atoms with Crippen LogP contribution in [0.15, 0.2) is 23.3 Å². The number of piperazine rings is 1. The van der Waals surface area contributed by atoms with E-state index >= 15 is 0 Å². The van der Waals surface area contributed by atoms with Gasteiger partial charge in [0, 0.05) is 32.7 Å². The zero-order valence-corrected chi connectivity index (χ0v) is 11.7. The summed E-state index contributed by atoms with van der Waals surface area (Å²) in [6.45, 7) is 3.09. The number of aromatic nitrogens is 2. The third kappa shape index (κ3) is 2.97. The van der Waals surface area contributed by atoms with E-state index in [0.717, 1.165) is 19.2 Å². The van der Waals surface area contributed by atoms with Crippen molar-refractivity contribution in [2.45, 2.75) is 12.7 Å². The van der Waals surface area contributed by atoms with Crippen molar-refractivity contribution in [3.8, 4) is 0 Å². The van der Waals surface area contributed by atoms with Gasteiger partial charge in [-0.15, -0.1) is 0 Å². The Morgan fingerprint density at radius 1 is 1.23 bits per heavy atom. The van der Waals surface area contributed by atoms with Gasteiger partial charge in [-0.05, 0) is 17.7 Å². The summed E-state index contributed by atoms with van der Waals surface area (Å²) >= 11 is 0. The second-order valence-electron chi connectivity index (χ2n) is 5.28. The van der Waals surface area contributed by atoms with Gasteiger partial charge in [0.1, 0.15) is 0 Å². The maximum Gasteiger partial charge on any atom is 0.416 e. The van der Waals surface area contributed by atoms with E-state index < -0.39 is 17.3 Å². The number of fused-ring (bicyclic) bond motifs is 1. The van der Waals surface area contributed by atoms with E-state index in [2.05, 4.69) is 15.3 Å². The fraction of sp³-hybridized carbons (Fsp3) is 0.429. The summed E-state index contributed by atoms with van der Waals surface area (Å²) < 4.78 is 39.9. The van der Waals surface area contributed by atoms with Gasteiger partial charge in [-0.1, -0.05) is 0 Å². The summed E-state index contributed by atoms with van der Waals surface area (Å²) in [7, 11) is 0. The van der Waals surface area contributed by atoms with Gasteiger partial charge in [-0.2, -0.15) is 13.2 Å².